The minimum Gasteiger partial charge on any atom is -0.395 e. The lowest BCUT2D eigenvalue weighted by molar-refractivity contribution is 0.0695. The van der Waals surface area contributed by atoms with E-state index < -0.39 is 5.82 Å². The predicted octanol–water partition coefficient (Wildman–Crippen LogP) is 1.71. The van der Waals surface area contributed by atoms with Crippen molar-refractivity contribution in [1.82, 2.24) is 5.32 Å². The molecule has 2 N–H and O–H groups in total. The fraction of sp³-hybridized carbons (Fsp3) is 0.438. The first-order chi connectivity index (χ1) is 10.1. The number of carbonyl (C=O) groups is 1. The molecular weight excluding hydrogens is 273 g/mol. The average Bonchev–Trinajstić information content (AvgIpc) is 2.47. The van der Waals surface area contributed by atoms with Crippen molar-refractivity contribution in [1.29, 1.82) is 0 Å². The smallest absolute Gasteiger partial charge is 0.251 e. The van der Waals surface area contributed by atoms with Crippen molar-refractivity contribution in [3.05, 3.63) is 35.1 Å². The van der Waals surface area contributed by atoms with Crippen LogP contribution in [0.15, 0.2) is 18.2 Å². The lowest BCUT2D eigenvalue weighted by atomic mass is 10.1. The summed E-state index contributed by atoms with van der Waals surface area (Å²) in [6.07, 6.45) is 0.198. The summed E-state index contributed by atoms with van der Waals surface area (Å²) in [6, 6.07) is 4.14. The second kappa shape index (κ2) is 9.11. The van der Waals surface area contributed by atoms with Gasteiger partial charge < -0.3 is 15.2 Å². The Morgan fingerprint density at radius 1 is 1.52 bits per heavy atom. The van der Waals surface area contributed by atoms with Crippen LogP contribution in [0.5, 0.6) is 0 Å². The number of halogens is 1. The zero-order valence-corrected chi connectivity index (χ0v) is 12.3. The molecule has 1 aromatic carbocycles. The van der Waals surface area contributed by atoms with E-state index in [9.17, 15) is 9.18 Å². The Labute approximate surface area is 124 Å². The summed E-state index contributed by atoms with van der Waals surface area (Å²) >= 11 is 0. The van der Waals surface area contributed by atoms with Gasteiger partial charge in [-0.1, -0.05) is 11.8 Å². The SMILES string of the molecule is CCOC(C)CNC(=O)c1ccc(C#CCCO)c(F)c1. The van der Waals surface area contributed by atoms with Crippen LogP contribution in [0.3, 0.4) is 0 Å². The maximum atomic E-state index is 13.8. The second-order valence-corrected chi connectivity index (χ2v) is 4.45. The molecule has 4 nitrogen and oxygen atoms in total. The van der Waals surface area contributed by atoms with Crippen LogP contribution >= 0.6 is 0 Å². The highest BCUT2D eigenvalue weighted by atomic mass is 19.1. The number of aliphatic hydroxyl groups is 1. The van der Waals surface area contributed by atoms with Gasteiger partial charge in [-0.25, -0.2) is 4.39 Å². The van der Waals surface area contributed by atoms with Gasteiger partial charge in [0.15, 0.2) is 0 Å². The first kappa shape index (κ1) is 17.2. The first-order valence-corrected chi connectivity index (χ1v) is 6.87. The van der Waals surface area contributed by atoms with E-state index in [0.29, 0.717) is 13.2 Å². The molecule has 0 radical (unpaired) electrons. The Balaban J connectivity index is 2.66. The third kappa shape index (κ3) is 5.94. The topological polar surface area (TPSA) is 58.6 Å². The number of hydrogen-bond acceptors (Lipinski definition) is 3. The molecule has 1 amide bonds. The molecule has 1 unspecified atom stereocenters. The number of carbonyl (C=O) groups excluding carboxylic acids is 1. The van der Waals surface area contributed by atoms with Crippen LogP contribution in [0.2, 0.25) is 0 Å². The Morgan fingerprint density at radius 3 is 2.90 bits per heavy atom. The van der Waals surface area contributed by atoms with Crippen molar-refractivity contribution in [3.63, 3.8) is 0 Å². The molecule has 0 heterocycles. The van der Waals surface area contributed by atoms with Gasteiger partial charge in [0.1, 0.15) is 5.82 Å². The zero-order valence-electron chi connectivity index (χ0n) is 12.3. The highest BCUT2D eigenvalue weighted by Crippen LogP contribution is 2.09. The van der Waals surface area contributed by atoms with E-state index >= 15 is 0 Å². The fourth-order valence-corrected chi connectivity index (χ4v) is 1.65. The molecule has 0 saturated carbocycles. The summed E-state index contributed by atoms with van der Waals surface area (Å²) in [7, 11) is 0. The molecule has 0 spiro atoms. The maximum absolute atomic E-state index is 13.8. The molecule has 0 aliphatic heterocycles. The van der Waals surface area contributed by atoms with Gasteiger partial charge in [0, 0.05) is 25.1 Å². The number of rotatable bonds is 6. The van der Waals surface area contributed by atoms with Crippen LogP contribution in [0.4, 0.5) is 4.39 Å². The van der Waals surface area contributed by atoms with Crippen LogP contribution in [0.25, 0.3) is 0 Å². The van der Waals surface area contributed by atoms with Crippen molar-refractivity contribution < 1.29 is 19.0 Å². The first-order valence-electron chi connectivity index (χ1n) is 6.87. The van der Waals surface area contributed by atoms with Gasteiger partial charge in [-0.05, 0) is 32.0 Å². The summed E-state index contributed by atoms with van der Waals surface area (Å²) in [5.74, 6) is 4.35. The van der Waals surface area contributed by atoms with Crippen molar-refractivity contribution in [2.45, 2.75) is 26.4 Å². The molecule has 0 aliphatic rings. The number of hydrogen-bond donors (Lipinski definition) is 2. The Morgan fingerprint density at radius 2 is 2.29 bits per heavy atom. The molecule has 114 valence electrons. The minimum absolute atomic E-state index is 0.0624. The molecule has 1 atom stereocenters. The standard InChI is InChI=1S/C16H20FNO3/c1-3-21-12(2)11-18-16(20)14-8-7-13(15(17)10-14)6-4-5-9-19/h7-8,10,12,19H,3,5,9,11H2,1-2H3,(H,18,20). The molecule has 0 saturated heterocycles. The Hall–Kier alpha value is -1.90. The number of aliphatic hydroxyl groups excluding tert-OH is 1. The average molecular weight is 293 g/mol. The van der Waals surface area contributed by atoms with Gasteiger partial charge in [-0.2, -0.15) is 0 Å². The molecule has 0 bridgehead atoms. The third-order valence-electron chi connectivity index (χ3n) is 2.69. The monoisotopic (exact) mass is 293 g/mol. The quantitative estimate of drug-likeness (QED) is 0.785. The number of ether oxygens (including phenoxy) is 1. The third-order valence-corrected chi connectivity index (χ3v) is 2.69. The molecule has 0 aromatic heterocycles. The van der Waals surface area contributed by atoms with E-state index in [1.54, 1.807) is 0 Å². The van der Waals surface area contributed by atoms with Crippen LogP contribution in [-0.2, 0) is 4.74 Å². The van der Waals surface area contributed by atoms with E-state index in [2.05, 4.69) is 17.2 Å². The number of amides is 1. The van der Waals surface area contributed by atoms with Crippen molar-refractivity contribution in [2.24, 2.45) is 0 Å². The molecule has 1 rings (SSSR count). The molecule has 5 heteroatoms. The van der Waals surface area contributed by atoms with Crippen LogP contribution in [0.1, 0.15) is 36.2 Å². The van der Waals surface area contributed by atoms with E-state index in [-0.39, 0.29) is 36.2 Å². The van der Waals surface area contributed by atoms with Gasteiger partial charge in [-0.3, -0.25) is 4.79 Å². The lowest BCUT2D eigenvalue weighted by Crippen LogP contribution is -2.32. The van der Waals surface area contributed by atoms with Crippen molar-refractivity contribution in [2.75, 3.05) is 19.8 Å². The molecule has 21 heavy (non-hydrogen) atoms. The fourth-order valence-electron chi connectivity index (χ4n) is 1.65. The van der Waals surface area contributed by atoms with Gasteiger partial charge in [0.2, 0.25) is 0 Å². The van der Waals surface area contributed by atoms with Crippen molar-refractivity contribution in [3.8, 4) is 11.8 Å². The second-order valence-electron chi connectivity index (χ2n) is 4.45. The largest absolute Gasteiger partial charge is 0.395 e. The van der Waals surface area contributed by atoms with Gasteiger partial charge >= 0.3 is 0 Å². The molecule has 0 fully saturated rings. The Kier molecular flexibility index (Phi) is 7.44. The van der Waals surface area contributed by atoms with Crippen LogP contribution < -0.4 is 5.32 Å². The predicted molar refractivity (Wildman–Crippen MR) is 78.4 cm³/mol. The van der Waals surface area contributed by atoms with E-state index in [4.69, 9.17) is 9.84 Å². The summed E-state index contributed by atoms with van der Waals surface area (Å²) in [4.78, 5) is 11.9. The maximum Gasteiger partial charge on any atom is 0.251 e. The van der Waals surface area contributed by atoms with E-state index in [1.165, 1.54) is 12.1 Å². The number of benzene rings is 1. The van der Waals surface area contributed by atoms with Gasteiger partial charge in [0.25, 0.3) is 5.91 Å². The summed E-state index contributed by atoms with van der Waals surface area (Å²) < 4.78 is 19.1. The van der Waals surface area contributed by atoms with Crippen LogP contribution in [-0.4, -0.2) is 36.9 Å². The lowest BCUT2D eigenvalue weighted by Gasteiger charge is -2.12. The van der Waals surface area contributed by atoms with Crippen LogP contribution in [0, 0.1) is 17.7 Å². The summed E-state index contributed by atoms with van der Waals surface area (Å²) in [5.41, 5.74) is 0.451. The minimum atomic E-state index is -0.550. The normalized spacial score (nSPS) is 11.4. The zero-order chi connectivity index (χ0) is 15.7. The molecular formula is C16H20FNO3. The highest BCUT2D eigenvalue weighted by Gasteiger charge is 2.10. The Bertz CT molecular complexity index is 534. The highest BCUT2D eigenvalue weighted by molar-refractivity contribution is 5.94. The molecule has 0 aliphatic carbocycles. The van der Waals surface area contributed by atoms with E-state index in [0.717, 1.165) is 6.07 Å². The van der Waals surface area contributed by atoms with Gasteiger partial charge in [0.05, 0.1) is 18.3 Å². The summed E-state index contributed by atoms with van der Waals surface area (Å²) in [6.45, 7) is 4.61. The summed E-state index contributed by atoms with van der Waals surface area (Å²) in [5, 5.41) is 11.3. The van der Waals surface area contributed by atoms with Gasteiger partial charge in [-0.15, -0.1) is 0 Å². The number of nitrogens with one attached hydrogen (secondary N) is 1. The van der Waals surface area contributed by atoms with E-state index in [1.807, 2.05) is 13.8 Å². The van der Waals surface area contributed by atoms with Crippen molar-refractivity contribution >= 4 is 5.91 Å². The molecule has 1 aromatic rings.